The second kappa shape index (κ2) is 5.01. The number of benzene rings is 1. The van der Waals surface area contributed by atoms with E-state index in [1.54, 1.807) is 0 Å². The summed E-state index contributed by atoms with van der Waals surface area (Å²) in [6.45, 7) is 4.52. The molecule has 1 aromatic carbocycles. The lowest BCUT2D eigenvalue weighted by Crippen LogP contribution is -2.11. The lowest BCUT2D eigenvalue weighted by molar-refractivity contribution is 0.594. The standard InChI is InChI=1S/C15H23N/c1-11(2)8-13-4-3-5-14(9-13)15(16)10-12-6-7-12/h3-5,9,11-12,15H,6-8,10,16H2,1-2H3. The van der Waals surface area contributed by atoms with Gasteiger partial charge in [-0.3, -0.25) is 0 Å². The largest absolute Gasteiger partial charge is 0.324 e. The fraction of sp³-hybridized carbons (Fsp3) is 0.600. The molecule has 1 aliphatic rings. The Morgan fingerprint density at radius 2 is 2.06 bits per heavy atom. The van der Waals surface area contributed by atoms with Crippen LogP contribution in [0.25, 0.3) is 0 Å². The summed E-state index contributed by atoms with van der Waals surface area (Å²) in [7, 11) is 0. The Kier molecular flexibility index (Phi) is 3.65. The van der Waals surface area contributed by atoms with Crippen LogP contribution in [0.4, 0.5) is 0 Å². The van der Waals surface area contributed by atoms with Gasteiger partial charge in [0.2, 0.25) is 0 Å². The van der Waals surface area contributed by atoms with Gasteiger partial charge in [-0.25, -0.2) is 0 Å². The maximum Gasteiger partial charge on any atom is 0.0297 e. The van der Waals surface area contributed by atoms with Crippen LogP contribution in [0.1, 0.15) is 50.3 Å². The van der Waals surface area contributed by atoms with E-state index < -0.39 is 0 Å². The van der Waals surface area contributed by atoms with Crippen molar-refractivity contribution in [2.75, 3.05) is 0 Å². The summed E-state index contributed by atoms with van der Waals surface area (Å²) in [5.41, 5.74) is 8.99. The van der Waals surface area contributed by atoms with Crippen LogP contribution in [-0.4, -0.2) is 0 Å². The van der Waals surface area contributed by atoms with Gasteiger partial charge in [0.1, 0.15) is 0 Å². The van der Waals surface area contributed by atoms with E-state index in [2.05, 4.69) is 38.1 Å². The summed E-state index contributed by atoms with van der Waals surface area (Å²) < 4.78 is 0. The molecule has 0 aliphatic heterocycles. The molecular formula is C15H23N. The SMILES string of the molecule is CC(C)Cc1cccc(C(N)CC2CC2)c1. The molecular weight excluding hydrogens is 194 g/mol. The number of rotatable bonds is 5. The van der Waals surface area contributed by atoms with E-state index in [1.165, 1.54) is 30.4 Å². The maximum absolute atomic E-state index is 6.24. The Morgan fingerprint density at radius 3 is 2.69 bits per heavy atom. The molecule has 1 aliphatic carbocycles. The second-order valence-electron chi connectivity index (χ2n) is 5.63. The van der Waals surface area contributed by atoms with Crippen molar-refractivity contribution in [3.8, 4) is 0 Å². The first kappa shape index (κ1) is 11.7. The average molecular weight is 217 g/mol. The first-order valence-electron chi connectivity index (χ1n) is 6.49. The summed E-state index contributed by atoms with van der Waals surface area (Å²) in [5.74, 6) is 1.62. The molecule has 1 atom stereocenters. The van der Waals surface area contributed by atoms with E-state index in [0.29, 0.717) is 0 Å². The van der Waals surface area contributed by atoms with Crippen LogP contribution < -0.4 is 5.73 Å². The maximum atomic E-state index is 6.24. The Balaban J connectivity index is 2.01. The molecule has 1 fully saturated rings. The zero-order chi connectivity index (χ0) is 11.5. The van der Waals surface area contributed by atoms with E-state index >= 15 is 0 Å². The van der Waals surface area contributed by atoms with E-state index in [9.17, 15) is 0 Å². The number of hydrogen-bond donors (Lipinski definition) is 1. The van der Waals surface area contributed by atoms with Gasteiger partial charge < -0.3 is 5.73 Å². The van der Waals surface area contributed by atoms with Gasteiger partial charge in [-0.05, 0) is 35.8 Å². The van der Waals surface area contributed by atoms with Crippen molar-refractivity contribution in [2.24, 2.45) is 17.6 Å². The first-order chi connectivity index (χ1) is 7.65. The summed E-state index contributed by atoms with van der Waals surface area (Å²) in [4.78, 5) is 0. The lowest BCUT2D eigenvalue weighted by Gasteiger charge is -2.13. The van der Waals surface area contributed by atoms with E-state index in [1.807, 2.05) is 0 Å². The van der Waals surface area contributed by atoms with Gasteiger partial charge in [0.05, 0.1) is 0 Å². The normalized spacial score (nSPS) is 17.8. The molecule has 1 saturated carbocycles. The van der Waals surface area contributed by atoms with Crippen LogP contribution in [0.15, 0.2) is 24.3 Å². The molecule has 0 bridgehead atoms. The monoisotopic (exact) mass is 217 g/mol. The molecule has 0 aromatic heterocycles. The smallest absolute Gasteiger partial charge is 0.0297 e. The minimum Gasteiger partial charge on any atom is -0.324 e. The first-order valence-corrected chi connectivity index (χ1v) is 6.49. The van der Waals surface area contributed by atoms with Gasteiger partial charge in [-0.2, -0.15) is 0 Å². The Hall–Kier alpha value is -0.820. The molecule has 1 aromatic rings. The van der Waals surface area contributed by atoms with Gasteiger partial charge in [0.15, 0.2) is 0 Å². The van der Waals surface area contributed by atoms with Crippen molar-refractivity contribution in [3.05, 3.63) is 35.4 Å². The predicted molar refractivity (Wildman–Crippen MR) is 69.3 cm³/mol. The molecule has 0 saturated heterocycles. The minimum absolute atomic E-state index is 0.250. The average Bonchev–Trinajstić information content (AvgIpc) is 3.01. The minimum atomic E-state index is 0.250. The topological polar surface area (TPSA) is 26.0 Å². The molecule has 2 rings (SSSR count). The quantitative estimate of drug-likeness (QED) is 0.800. The van der Waals surface area contributed by atoms with Crippen LogP contribution in [-0.2, 0) is 6.42 Å². The summed E-state index contributed by atoms with van der Waals surface area (Å²) in [6.07, 6.45) is 5.11. The Morgan fingerprint density at radius 1 is 1.31 bits per heavy atom. The van der Waals surface area contributed by atoms with Crippen molar-refractivity contribution in [1.29, 1.82) is 0 Å². The highest BCUT2D eigenvalue weighted by Gasteiger charge is 2.24. The molecule has 0 amide bonds. The molecule has 16 heavy (non-hydrogen) atoms. The lowest BCUT2D eigenvalue weighted by atomic mass is 9.96. The highest BCUT2D eigenvalue weighted by atomic mass is 14.6. The van der Waals surface area contributed by atoms with E-state index in [0.717, 1.165) is 18.3 Å². The van der Waals surface area contributed by atoms with Crippen molar-refractivity contribution >= 4 is 0 Å². The van der Waals surface area contributed by atoms with Gasteiger partial charge in [0.25, 0.3) is 0 Å². The van der Waals surface area contributed by atoms with Crippen molar-refractivity contribution in [2.45, 2.75) is 45.6 Å². The summed E-state index contributed by atoms with van der Waals surface area (Å²) in [5, 5.41) is 0. The van der Waals surface area contributed by atoms with Gasteiger partial charge in [-0.15, -0.1) is 0 Å². The van der Waals surface area contributed by atoms with Crippen molar-refractivity contribution in [1.82, 2.24) is 0 Å². The summed E-state index contributed by atoms with van der Waals surface area (Å²) >= 11 is 0. The predicted octanol–water partition coefficient (Wildman–Crippen LogP) is 3.69. The van der Waals surface area contributed by atoms with Crippen LogP contribution in [0.2, 0.25) is 0 Å². The second-order valence-corrected chi connectivity index (χ2v) is 5.63. The van der Waals surface area contributed by atoms with Gasteiger partial charge >= 0.3 is 0 Å². The molecule has 0 heterocycles. The molecule has 0 spiro atoms. The summed E-state index contributed by atoms with van der Waals surface area (Å²) in [6, 6.07) is 9.09. The number of nitrogens with two attached hydrogens (primary N) is 1. The van der Waals surface area contributed by atoms with Crippen molar-refractivity contribution < 1.29 is 0 Å². The Labute approximate surface area is 99.0 Å². The molecule has 1 heteroatoms. The fourth-order valence-corrected chi connectivity index (χ4v) is 2.27. The highest BCUT2D eigenvalue weighted by molar-refractivity contribution is 5.26. The molecule has 88 valence electrons. The molecule has 0 radical (unpaired) electrons. The third-order valence-corrected chi connectivity index (χ3v) is 3.31. The van der Waals surface area contributed by atoms with Gasteiger partial charge in [0, 0.05) is 6.04 Å². The van der Waals surface area contributed by atoms with Crippen LogP contribution in [0.5, 0.6) is 0 Å². The van der Waals surface area contributed by atoms with Gasteiger partial charge in [-0.1, -0.05) is 51.0 Å². The number of hydrogen-bond acceptors (Lipinski definition) is 1. The van der Waals surface area contributed by atoms with Crippen LogP contribution in [0.3, 0.4) is 0 Å². The van der Waals surface area contributed by atoms with Crippen LogP contribution in [0, 0.1) is 11.8 Å². The van der Waals surface area contributed by atoms with Crippen LogP contribution >= 0.6 is 0 Å². The molecule has 1 unspecified atom stereocenters. The Bertz CT molecular complexity index is 339. The third-order valence-electron chi connectivity index (χ3n) is 3.31. The molecule has 2 N–H and O–H groups in total. The zero-order valence-electron chi connectivity index (χ0n) is 10.4. The highest BCUT2D eigenvalue weighted by Crippen LogP contribution is 2.36. The fourth-order valence-electron chi connectivity index (χ4n) is 2.27. The van der Waals surface area contributed by atoms with Crippen molar-refractivity contribution in [3.63, 3.8) is 0 Å². The van der Waals surface area contributed by atoms with E-state index in [-0.39, 0.29) is 6.04 Å². The van der Waals surface area contributed by atoms with E-state index in [4.69, 9.17) is 5.73 Å². The third kappa shape index (κ3) is 3.34. The zero-order valence-corrected chi connectivity index (χ0v) is 10.4. The molecule has 1 nitrogen and oxygen atoms in total.